The Kier molecular flexibility index (Phi) is 6.45. The molecule has 28 heavy (non-hydrogen) atoms. The fraction of sp³-hybridized carbons (Fsp3) is 0.200. The minimum Gasteiger partial charge on any atom is -0.497 e. The van der Waals surface area contributed by atoms with Gasteiger partial charge in [0, 0.05) is 11.6 Å². The van der Waals surface area contributed by atoms with E-state index in [9.17, 15) is 22.8 Å². The fourth-order valence-electron chi connectivity index (χ4n) is 2.36. The second-order valence-electron chi connectivity index (χ2n) is 5.60. The van der Waals surface area contributed by atoms with E-state index in [4.69, 9.17) is 9.47 Å². The van der Waals surface area contributed by atoms with Crippen LogP contribution in [0.1, 0.15) is 21.5 Å². The second kappa shape index (κ2) is 8.60. The SMILES string of the molecule is COC(=O)/C(=C\c1ccc(C(F)(F)F)cc1)C(=O)c1cc(OC)cc(OC)c1. The van der Waals surface area contributed by atoms with Gasteiger partial charge in [-0.25, -0.2) is 4.79 Å². The molecule has 0 atom stereocenters. The van der Waals surface area contributed by atoms with Crippen LogP contribution in [-0.2, 0) is 15.7 Å². The summed E-state index contributed by atoms with van der Waals surface area (Å²) in [5, 5.41) is 0. The zero-order valence-corrected chi connectivity index (χ0v) is 15.3. The summed E-state index contributed by atoms with van der Waals surface area (Å²) in [5.41, 5.74) is -0.859. The molecule has 0 heterocycles. The summed E-state index contributed by atoms with van der Waals surface area (Å²) in [6.07, 6.45) is -3.32. The van der Waals surface area contributed by atoms with E-state index < -0.39 is 23.5 Å². The van der Waals surface area contributed by atoms with Gasteiger partial charge >= 0.3 is 12.1 Å². The molecule has 0 bridgehead atoms. The number of hydrogen-bond acceptors (Lipinski definition) is 5. The van der Waals surface area contributed by atoms with E-state index in [1.165, 1.54) is 32.4 Å². The van der Waals surface area contributed by atoms with Crippen molar-refractivity contribution in [3.8, 4) is 11.5 Å². The van der Waals surface area contributed by atoms with E-state index in [-0.39, 0.29) is 16.7 Å². The van der Waals surface area contributed by atoms with Gasteiger partial charge in [-0.2, -0.15) is 13.2 Å². The third-order valence-electron chi connectivity index (χ3n) is 3.81. The zero-order valence-electron chi connectivity index (χ0n) is 15.3. The molecule has 2 aromatic rings. The Labute approximate surface area is 159 Å². The maximum Gasteiger partial charge on any atom is 0.416 e. The first-order valence-corrected chi connectivity index (χ1v) is 7.94. The topological polar surface area (TPSA) is 61.8 Å². The van der Waals surface area contributed by atoms with Gasteiger partial charge < -0.3 is 14.2 Å². The molecule has 2 aromatic carbocycles. The molecule has 148 valence electrons. The standard InChI is InChI=1S/C20H17F3O5/c1-26-15-9-13(10-16(11-15)27-2)18(24)17(19(25)28-3)8-12-4-6-14(7-5-12)20(21,22)23/h4-11H,1-3H3/b17-8-. The number of Topliss-reactive ketones (excluding diaryl/α,β-unsaturated/α-hetero) is 1. The zero-order chi connectivity index (χ0) is 20.9. The second-order valence-corrected chi connectivity index (χ2v) is 5.60. The summed E-state index contributed by atoms with van der Waals surface area (Å²) in [7, 11) is 3.91. The molecular formula is C20H17F3O5. The third kappa shape index (κ3) is 4.91. The Morgan fingerprint density at radius 3 is 1.86 bits per heavy atom. The number of carbonyl (C=O) groups excluding carboxylic acids is 2. The first-order chi connectivity index (χ1) is 13.2. The predicted molar refractivity (Wildman–Crippen MR) is 95.3 cm³/mol. The molecular weight excluding hydrogens is 377 g/mol. The number of methoxy groups -OCH3 is 3. The normalized spacial score (nSPS) is 11.7. The van der Waals surface area contributed by atoms with E-state index in [1.54, 1.807) is 6.07 Å². The van der Waals surface area contributed by atoms with Gasteiger partial charge in [-0.15, -0.1) is 0 Å². The van der Waals surface area contributed by atoms with E-state index in [2.05, 4.69) is 4.74 Å². The fourth-order valence-corrected chi connectivity index (χ4v) is 2.36. The largest absolute Gasteiger partial charge is 0.497 e. The van der Waals surface area contributed by atoms with Crippen molar-refractivity contribution < 1.29 is 37.0 Å². The average Bonchev–Trinajstić information content (AvgIpc) is 2.70. The average molecular weight is 394 g/mol. The summed E-state index contributed by atoms with van der Waals surface area (Å²) in [4.78, 5) is 25.0. The Morgan fingerprint density at radius 1 is 0.893 bits per heavy atom. The maximum atomic E-state index is 12.9. The highest BCUT2D eigenvalue weighted by Crippen LogP contribution is 2.30. The lowest BCUT2D eigenvalue weighted by atomic mass is 10.00. The number of ketones is 1. The van der Waals surface area contributed by atoms with Crippen LogP contribution in [0, 0.1) is 0 Å². The summed E-state index contributed by atoms with van der Waals surface area (Å²) >= 11 is 0. The molecule has 8 heteroatoms. The number of rotatable bonds is 6. The van der Waals surface area contributed by atoms with Crippen LogP contribution >= 0.6 is 0 Å². The summed E-state index contributed by atoms with van der Waals surface area (Å²) in [6.45, 7) is 0. The molecule has 0 aromatic heterocycles. The number of alkyl halides is 3. The highest BCUT2D eigenvalue weighted by atomic mass is 19.4. The van der Waals surface area contributed by atoms with Crippen molar-refractivity contribution in [1.82, 2.24) is 0 Å². The Hall–Kier alpha value is -3.29. The molecule has 0 saturated heterocycles. The van der Waals surface area contributed by atoms with Crippen molar-refractivity contribution in [3.05, 3.63) is 64.7 Å². The molecule has 2 rings (SSSR count). The number of esters is 1. The highest BCUT2D eigenvalue weighted by Gasteiger charge is 2.30. The number of carbonyl (C=O) groups is 2. The Balaban J connectivity index is 2.48. The summed E-state index contributed by atoms with van der Waals surface area (Å²) in [5.74, 6) is -0.946. The van der Waals surface area contributed by atoms with Crippen molar-refractivity contribution in [2.75, 3.05) is 21.3 Å². The van der Waals surface area contributed by atoms with Crippen molar-refractivity contribution >= 4 is 17.8 Å². The molecule has 0 saturated carbocycles. The van der Waals surface area contributed by atoms with Crippen LogP contribution in [0.3, 0.4) is 0 Å². The van der Waals surface area contributed by atoms with Crippen molar-refractivity contribution in [2.24, 2.45) is 0 Å². The van der Waals surface area contributed by atoms with E-state index in [1.807, 2.05) is 0 Å². The highest BCUT2D eigenvalue weighted by molar-refractivity contribution is 6.27. The third-order valence-corrected chi connectivity index (χ3v) is 3.81. The molecule has 0 aliphatic rings. The lowest BCUT2D eigenvalue weighted by molar-refractivity contribution is -0.137. The lowest BCUT2D eigenvalue weighted by Crippen LogP contribution is -2.15. The maximum absolute atomic E-state index is 12.9. The Morgan fingerprint density at radius 2 is 1.43 bits per heavy atom. The van der Waals surface area contributed by atoms with Gasteiger partial charge in [0.05, 0.1) is 26.9 Å². The van der Waals surface area contributed by atoms with Crippen molar-refractivity contribution in [3.63, 3.8) is 0 Å². The summed E-state index contributed by atoms with van der Waals surface area (Å²) < 4.78 is 52.9. The minimum absolute atomic E-state index is 0.0970. The smallest absolute Gasteiger partial charge is 0.416 e. The van der Waals surface area contributed by atoms with Crippen LogP contribution in [0.5, 0.6) is 11.5 Å². The van der Waals surface area contributed by atoms with E-state index >= 15 is 0 Å². The first kappa shape index (κ1) is 21.0. The quantitative estimate of drug-likeness (QED) is 0.242. The van der Waals surface area contributed by atoms with Crippen LogP contribution in [0.25, 0.3) is 6.08 Å². The monoisotopic (exact) mass is 394 g/mol. The molecule has 0 amide bonds. The van der Waals surface area contributed by atoms with Crippen LogP contribution in [-0.4, -0.2) is 33.1 Å². The van der Waals surface area contributed by atoms with Crippen LogP contribution in [0.4, 0.5) is 13.2 Å². The molecule has 0 unspecified atom stereocenters. The van der Waals surface area contributed by atoms with Gasteiger partial charge in [-0.1, -0.05) is 12.1 Å². The van der Waals surface area contributed by atoms with E-state index in [0.717, 1.165) is 31.4 Å². The van der Waals surface area contributed by atoms with Crippen LogP contribution in [0.15, 0.2) is 48.0 Å². The van der Waals surface area contributed by atoms with Crippen LogP contribution < -0.4 is 9.47 Å². The van der Waals surface area contributed by atoms with Crippen molar-refractivity contribution in [2.45, 2.75) is 6.18 Å². The van der Waals surface area contributed by atoms with Gasteiger partial charge in [0.1, 0.15) is 17.1 Å². The molecule has 0 N–H and O–H groups in total. The molecule has 0 spiro atoms. The number of benzene rings is 2. The summed E-state index contributed by atoms with van der Waals surface area (Å²) in [6, 6.07) is 8.41. The molecule has 0 aliphatic carbocycles. The molecule has 0 aliphatic heterocycles. The minimum atomic E-state index is -4.49. The van der Waals surface area contributed by atoms with Gasteiger partial charge in [-0.3, -0.25) is 4.79 Å². The van der Waals surface area contributed by atoms with Gasteiger partial charge in [0.15, 0.2) is 0 Å². The van der Waals surface area contributed by atoms with Gasteiger partial charge in [0.2, 0.25) is 5.78 Å². The molecule has 5 nitrogen and oxygen atoms in total. The van der Waals surface area contributed by atoms with Gasteiger partial charge in [0.25, 0.3) is 0 Å². The molecule has 0 radical (unpaired) electrons. The van der Waals surface area contributed by atoms with E-state index in [0.29, 0.717) is 11.5 Å². The number of hydrogen-bond donors (Lipinski definition) is 0. The Bertz CT molecular complexity index is 877. The first-order valence-electron chi connectivity index (χ1n) is 7.94. The molecule has 0 fully saturated rings. The number of ether oxygens (including phenoxy) is 3. The van der Waals surface area contributed by atoms with Crippen LogP contribution in [0.2, 0.25) is 0 Å². The lowest BCUT2D eigenvalue weighted by Gasteiger charge is -2.10. The van der Waals surface area contributed by atoms with Crippen molar-refractivity contribution in [1.29, 1.82) is 0 Å². The van der Waals surface area contributed by atoms with Gasteiger partial charge in [-0.05, 0) is 35.9 Å². The predicted octanol–water partition coefficient (Wildman–Crippen LogP) is 4.16. The number of halogens is 3.